The van der Waals surface area contributed by atoms with Crippen molar-refractivity contribution in [1.29, 1.82) is 0 Å². The molecule has 58 heavy (non-hydrogen) atoms. The minimum Gasteiger partial charge on any atom is -0.0654 e. The average Bonchev–Trinajstić information content (AvgIpc) is 3.23. The van der Waals surface area contributed by atoms with Crippen LogP contribution in [0.15, 0.2) is 12.1 Å². The number of rotatable bonds is 48. The first kappa shape index (κ1) is 55.2. The van der Waals surface area contributed by atoms with Gasteiger partial charge in [0, 0.05) is 0 Å². The summed E-state index contributed by atoms with van der Waals surface area (Å²) < 4.78 is 0. The highest BCUT2D eigenvalue weighted by Crippen LogP contribution is 2.27. The van der Waals surface area contributed by atoms with Gasteiger partial charge in [0.15, 0.2) is 0 Å². The molecule has 0 saturated heterocycles. The van der Waals surface area contributed by atoms with E-state index in [4.69, 9.17) is 0 Å². The van der Waals surface area contributed by atoms with Gasteiger partial charge in [-0.05, 0) is 73.6 Å². The number of hydrogen-bond acceptors (Lipinski definition) is 0. The van der Waals surface area contributed by atoms with Crippen LogP contribution in [-0.2, 0) is 25.7 Å². The number of aryl methyl sites for hydroxylation is 3. The van der Waals surface area contributed by atoms with Crippen molar-refractivity contribution in [3.63, 3.8) is 0 Å². The molecule has 1 rings (SSSR count). The summed E-state index contributed by atoms with van der Waals surface area (Å²) in [4.78, 5) is 0. The second-order valence-electron chi connectivity index (χ2n) is 19.4. The SMILES string of the molecule is [CH2]CCCc1cc(CCCCCCCCCCCCCCCC)c(CCCCCCCCCCCCCCCC)c(CCCCCCCCCCCCCCCC)c1. The van der Waals surface area contributed by atoms with Crippen molar-refractivity contribution in [2.24, 2.45) is 0 Å². The molecule has 0 amide bonds. The van der Waals surface area contributed by atoms with Crippen LogP contribution in [0.4, 0.5) is 0 Å². The lowest BCUT2D eigenvalue weighted by atomic mass is 9.87. The molecule has 0 heteroatoms. The van der Waals surface area contributed by atoms with Crippen LogP contribution in [0.3, 0.4) is 0 Å². The summed E-state index contributed by atoms with van der Waals surface area (Å²) >= 11 is 0. The fourth-order valence-electron chi connectivity index (χ4n) is 9.63. The highest BCUT2D eigenvalue weighted by molar-refractivity contribution is 5.40. The smallest absolute Gasteiger partial charge is 0.0273 e. The van der Waals surface area contributed by atoms with E-state index in [1.54, 1.807) is 22.3 Å². The van der Waals surface area contributed by atoms with E-state index in [0.717, 1.165) is 6.42 Å². The lowest BCUT2D eigenvalue weighted by Crippen LogP contribution is -2.05. The van der Waals surface area contributed by atoms with Crippen LogP contribution in [0, 0.1) is 6.92 Å². The quantitative estimate of drug-likeness (QED) is 0.0576. The molecular formula is C58H109. The zero-order chi connectivity index (χ0) is 41.7. The molecule has 0 spiro atoms. The number of hydrogen-bond donors (Lipinski definition) is 0. The van der Waals surface area contributed by atoms with Gasteiger partial charge in [0.2, 0.25) is 0 Å². The Morgan fingerprint density at radius 3 is 0.724 bits per heavy atom. The predicted octanol–water partition coefficient (Wildman–Crippen LogP) is 20.9. The first-order chi connectivity index (χ1) is 28.8. The lowest BCUT2D eigenvalue weighted by Gasteiger charge is -2.18. The third kappa shape index (κ3) is 35.9. The Kier molecular flexibility index (Phi) is 43.6. The monoisotopic (exact) mass is 806 g/mol. The molecule has 0 bridgehead atoms. The molecule has 0 aliphatic rings. The molecule has 1 aromatic carbocycles. The standard InChI is InChI=1S/C58H109/c1-5-9-13-16-19-22-25-28-31-34-37-40-43-46-50-56-53-55(49-12-8-4)54-57(51-47-44-41-38-35-32-29-26-23-20-17-14-10-6-2)58(56)52-48-45-42-39-36-33-30-27-24-21-18-15-11-7-3/h53-54H,4-52H2,1-3H3. The normalized spacial score (nSPS) is 11.7. The van der Waals surface area contributed by atoms with Crippen LogP contribution in [0.2, 0.25) is 0 Å². The Bertz CT molecular complexity index is 873. The molecule has 0 fully saturated rings. The first-order valence-electron chi connectivity index (χ1n) is 27.7. The molecule has 1 aromatic rings. The Morgan fingerprint density at radius 1 is 0.259 bits per heavy atom. The maximum absolute atomic E-state index is 4.20. The highest BCUT2D eigenvalue weighted by atomic mass is 14.2. The second kappa shape index (κ2) is 45.7. The van der Waals surface area contributed by atoms with Crippen LogP contribution in [0.1, 0.15) is 326 Å². The van der Waals surface area contributed by atoms with Crippen molar-refractivity contribution >= 4 is 0 Å². The highest BCUT2D eigenvalue weighted by Gasteiger charge is 2.12. The third-order valence-corrected chi connectivity index (χ3v) is 13.6. The van der Waals surface area contributed by atoms with E-state index in [0.29, 0.717) is 0 Å². The summed E-state index contributed by atoms with van der Waals surface area (Å²) in [6.07, 6.45) is 68.3. The van der Waals surface area contributed by atoms with Gasteiger partial charge in [0.1, 0.15) is 0 Å². The second-order valence-corrected chi connectivity index (χ2v) is 19.4. The van der Waals surface area contributed by atoms with Crippen molar-refractivity contribution < 1.29 is 0 Å². The first-order valence-corrected chi connectivity index (χ1v) is 27.7. The fraction of sp³-hybridized carbons (Fsp3) is 0.879. The van der Waals surface area contributed by atoms with E-state index in [-0.39, 0.29) is 0 Å². The number of unbranched alkanes of at least 4 members (excludes halogenated alkanes) is 40. The molecule has 0 aromatic heterocycles. The predicted molar refractivity (Wildman–Crippen MR) is 267 cm³/mol. The van der Waals surface area contributed by atoms with Gasteiger partial charge in [0.05, 0.1) is 0 Å². The molecule has 0 N–H and O–H groups in total. The molecule has 0 heterocycles. The molecule has 341 valence electrons. The summed E-state index contributed by atoms with van der Waals surface area (Å²) in [6, 6.07) is 5.34. The minimum absolute atomic E-state index is 1.06. The third-order valence-electron chi connectivity index (χ3n) is 13.6. The summed E-state index contributed by atoms with van der Waals surface area (Å²) in [5, 5.41) is 0. The van der Waals surface area contributed by atoms with E-state index in [2.05, 4.69) is 39.8 Å². The summed E-state index contributed by atoms with van der Waals surface area (Å²) in [6.45, 7) is 11.2. The molecule has 0 atom stereocenters. The van der Waals surface area contributed by atoms with E-state index >= 15 is 0 Å². The fourth-order valence-corrected chi connectivity index (χ4v) is 9.63. The van der Waals surface area contributed by atoms with E-state index < -0.39 is 0 Å². The van der Waals surface area contributed by atoms with Gasteiger partial charge in [-0.2, -0.15) is 0 Å². The molecule has 1 radical (unpaired) electrons. The Balaban J connectivity index is 2.56. The van der Waals surface area contributed by atoms with Crippen LogP contribution in [0.25, 0.3) is 0 Å². The van der Waals surface area contributed by atoms with Gasteiger partial charge >= 0.3 is 0 Å². The van der Waals surface area contributed by atoms with Crippen molar-refractivity contribution in [2.45, 2.75) is 329 Å². The van der Waals surface area contributed by atoms with Crippen LogP contribution < -0.4 is 0 Å². The Hall–Kier alpha value is -0.780. The summed E-state index contributed by atoms with van der Waals surface area (Å²) in [7, 11) is 0. The molecule has 0 unspecified atom stereocenters. The summed E-state index contributed by atoms with van der Waals surface area (Å²) in [5.74, 6) is 0. The van der Waals surface area contributed by atoms with Gasteiger partial charge in [-0.15, -0.1) is 0 Å². The zero-order valence-electron chi connectivity index (χ0n) is 40.8. The maximum Gasteiger partial charge on any atom is -0.0273 e. The van der Waals surface area contributed by atoms with E-state index in [9.17, 15) is 0 Å². The van der Waals surface area contributed by atoms with Crippen molar-refractivity contribution in [3.05, 3.63) is 41.3 Å². The molecule has 0 nitrogen and oxygen atoms in total. The van der Waals surface area contributed by atoms with Crippen LogP contribution in [-0.4, -0.2) is 0 Å². The molecule has 0 aliphatic carbocycles. The number of benzene rings is 1. The Labute approximate surface area is 368 Å². The average molecular weight is 807 g/mol. The minimum atomic E-state index is 1.06. The molecule has 0 saturated carbocycles. The van der Waals surface area contributed by atoms with E-state index in [1.807, 2.05) is 0 Å². The van der Waals surface area contributed by atoms with Crippen LogP contribution in [0.5, 0.6) is 0 Å². The van der Waals surface area contributed by atoms with Crippen molar-refractivity contribution in [3.8, 4) is 0 Å². The maximum atomic E-state index is 4.20. The lowest BCUT2D eigenvalue weighted by molar-refractivity contribution is 0.533. The van der Waals surface area contributed by atoms with Crippen molar-refractivity contribution in [2.75, 3.05) is 0 Å². The van der Waals surface area contributed by atoms with Gasteiger partial charge in [-0.3, -0.25) is 0 Å². The van der Waals surface area contributed by atoms with Crippen molar-refractivity contribution in [1.82, 2.24) is 0 Å². The molecule has 0 aliphatic heterocycles. The largest absolute Gasteiger partial charge is 0.0654 e. The van der Waals surface area contributed by atoms with Gasteiger partial charge < -0.3 is 0 Å². The summed E-state index contributed by atoms with van der Waals surface area (Å²) in [5.41, 5.74) is 6.90. The van der Waals surface area contributed by atoms with Gasteiger partial charge in [-0.25, -0.2) is 0 Å². The van der Waals surface area contributed by atoms with E-state index in [1.165, 1.54) is 302 Å². The molecular weight excluding hydrogens is 697 g/mol. The zero-order valence-corrected chi connectivity index (χ0v) is 40.8. The van der Waals surface area contributed by atoms with Gasteiger partial charge in [-0.1, -0.05) is 297 Å². The Morgan fingerprint density at radius 2 is 0.483 bits per heavy atom. The van der Waals surface area contributed by atoms with Crippen LogP contribution >= 0.6 is 0 Å². The van der Waals surface area contributed by atoms with Gasteiger partial charge in [0.25, 0.3) is 0 Å². The topological polar surface area (TPSA) is 0 Å².